The minimum absolute atomic E-state index is 0. The average Bonchev–Trinajstić information content (AvgIpc) is 2.76. The smallest absolute Gasteiger partial charge is 1.00 e. The summed E-state index contributed by atoms with van der Waals surface area (Å²) in [6.45, 7) is 4.98. The summed E-state index contributed by atoms with van der Waals surface area (Å²) in [7, 11) is -3.80. The quantitative estimate of drug-likeness (QED) is 0.0778. The summed E-state index contributed by atoms with van der Waals surface area (Å²) in [6, 6.07) is 0. The molecule has 0 aromatic rings. The topological polar surface area (TPSA) is 52.6 Å². The van der Waals surface area contributed by atoms with Crippen molar-refractivity contribution >= 4 is 33.6 Å². The molecule has 0 aliphatic heterocycles. The minimum Gasteiger partial charge on any atom is -1.00 e. The van der Waals surface area contributed by atoms with Gasteiger partial charge in [0.05, 0.1) is 18.6 Å². The van der Waals surface area contributed by atoms with Gasteiger partial charge >= 0.3 is 40.0 Å². The minimum atomic E-state index is -3.80. The van der Waals surface area contributed by atoms with Crippen molar-refractivity contribution in [3.63, 3.8) is 0 Å². The van der Waals surface area contributed by atoms with Crippen molar-refractivity contribution in [3.8, 4) is 0 Å². The van der Waals surface area contributed by atoms with Crippen LogP contribution in [0.25, 0.3) is 0 Å². The van der Waals surface area contributed by atoms with E-state index >= 15 is 0 Å². The van der Waals surface area contributed by atoms with Gasteiger partial charge in [0.15, 0.2) is 0 Å². The molecular weight excluding hydrogens is 490 g/mol. The first-order valence-corrected chi connectivity index (χ1v) is 15.6. The second-order valence-corrected chi connectivity index (χ2v) is 10.6. The van der Waals surface area contributed by atoms with Gasteiger partial charge in [-0.05, 0) is 12.8 Å². The van der Waals surface area contributed by atoms with Crippen molar-refractivity contribution in [1.82, 2.24) is 0 Å². The summed E-state index contributed by atoms with van der Waals surface area (Å²) in [6.07, 6.45) is 24.4. The van der Waals surface area contributed by atoms with Gasteiger partial charge < -0.3 is 1.43 Å². The molecule has 0 fully saturated rings. The van der Waals surface area contributed by atoms with Crippen LogP contribution in [0.3, 0.4) is 0 Å². The predicted octanol–water partition coefficient (Wildman–Crippen LogP) is 6.64. The van der Waals surface area contributed by atoms with E-state index in [1.807, 2.05) is 0 Å². The molecule has 0 radical (unpaired) electrons. The van der Waals surface area contributed by atoms with Crippen LogP contribution in [0.5, 0.6) is 0 Å². The van der Waals surface area contributed by atoms with Crippen molar-refractivity contribution < 1.29 is 47.8 Å². The maximum absolute atomic E-state index is 11.7. The molecule has 0 saturated carbocycles. The van der Waals surface area contributed by atoms with E-state index in [1.54, 1.807) is 0 Å². The number of hydrogen-bond acceptors (Lipinski definition) is 4. The fourth-order valence-electron chi connectivity index (χ4n) is 3.53. The van der Waals surface area contributed by atoms with Gasteiger partial charge in [-0.3, -0.25) is 0 Å². The van der Waals surface area contributed by atoms with Gasteiger partial charge in [0.2, 0.25) is 0 Å². The van der Waals surface area contributed by atoms with Crippen LogP contribution in [0.1, 0.15) is 144 Å². The Morgan fingerprint density at radius 3 is 0.970 bits per heavy atom. The Labute approximate surface area is 240 Å². The molecule has 4 nitrogen and oxygen atoms in total. The van der Waals surface area contributed by atoms with Gasteiger partial charge in [-0.2, -0.15) is 8.42 Å². The van der Waals surface area contributed by atoms with Gasteiger partial charge in [-0.25, -0.2) is 8.37 Å². The van der Waals surface area contributed by atoms with Crippen molar-refractivity contribution in [2.24, 2.45) is 0 Å². The second kappa shape index (κ2) is 33.4. The van der Waals surface area contributed by atoms with Gasteiger partial charge in [-0.15, -0.1) is 23.2 Å². The molecule has 0 atom stereocenters. The first-order chi connectivity index (χ1) is 15.5. The van der Waals surface area contributed by atoms with Crippen LogP contribution < -0.4 is 29.6 Å². The normalized spacial score (nSPS) is 11.0. The van der Waals surface area contributed by atoms with Crippen LogP contribution in [0.2, 0.25) is 0 Å². The van der Waals surface area contributed by atoms with E-state index in [4.69, 9.17) is 31.6 Å². The predicted molar refractivity (Wildman–Crippen MR) is 142 cm³/mol. The van der Waals surface area contributed by atoms with Crippen molar-refractivity contribution in [2.45, 2.75) is 142 Å². The van der Waals surface area contributed by atoms with E-state index in [1.165, 1.54) is 89.9 Å². The zero-order valence-electron chi connectivity index (χ0n) is 23.1. The Balaban J connectivity index is -0.000000850. The van der Waals surface area contributed by atoms with Crippen LogP contribution in [0.15, 0.2) is 0 Å². The Morgan fingerprint density at radius 1 is 0.515 bits per heavy atom. The van der Waals surface area contributed by atoms with E-state index in [0.29, 0.717) is 0 Å². The van der Waals surface area contributed by atoms with Crippen LogP contribution in [-0.4, -0.2) is 27.0 Å². The summed E-state index contributed by atoms with van der Waals surface area (Å²) in [4.78, 5) is 0. The van der Waals surface area contributed by atoms with E-state index in [0.717, 1.165) is 38.5 Å². The molecule has 0 spiro atoms. The molecule has 0 N–H and O–H groups in total. The van der Waals surface area contributed by atoms with Crippen LogP contribution in [0, 0.1) is 0 Å². The number of hydrogen-bond donors (Lipinski definition) is 0. The molecule has 0 saturated heterocycles. The third kappa shape index (κ3) is 38.1. The SMILES string of the molecule is CCCCCCCCCCCCOS(=O)(=O)OCCCCCCCCCCCC.ClCCl.[H-].[Na+]. The maximum Gasteiger partial charge on any atom is 1.00 e. The Hall–Kier alpha value is 1.45. The second-order valence-electron chi connectivity index (χ2n) is 8.52. The fourth-order valence-corrected chi connectivity index (χ4v) is 4.25. The molecule has 0 heterocycles. The van der Waals surface area contributed by atoms with Gasteiger partial charge in [0.25, 0.3) is 0 Å². The molecule has 8 heteroatoms. The molecule has 0 unspecified atom stereocenters. The zero-order valence-corrected chi connectivity index (χ0v) is 26.4. The standard InChI is InChI=1S/C24H50O4S.CH2Cl2.Na.H/c1-3-5-7-9-11-13-15-17-19-21-23-27-29(25,26)28-24-22-20-18-16-14-12-10-8-6-4-2;2-1-3;;/h3-24H2,1-2H3;1H2;;/q;;+1;-1. The summed E-state index contributed by atoms with van der Waals surface area (Å²) in [5.74, 6) is 0. The fraction of sp³-hybridized carbons (Fsp3) is 1.00. The van der Waals surface area contributed by atoms with Gasteiger partial charge in [-0.1, -0.05) is 129 Å². The molecule has 0 rings (SSSR count). The molecule has 0 aromatic heterocycles. The molecule has 0 amide bonds. The zero-order chi connectivity index (χ0) is 24.2. The Morgan fingerprint density at radius 2 is 0.727 bits per heavy atom. The van der Waals surface area contributed by atoms with E-state index in [2.05, 4.69) is 13.8 Å². The van der Waals surface area contributed by atoms with Crippen LogP contribution in [-0.2, 0) is 18.8 Å². The van der Waals surface area contributed by atoms with Gasteiger partial charge in [0, 0.05) is 0 Å². The third-order valence-electron chi connectivity index (χ3n) is 5.45. The number of unbranched alkanes of at least 4 members (excludes halogenated alkanes) is 18. The van der Waals surface area contributed by atoms with Crippen molar-refractivity contribution in [2.75, 3.05) is 18.6 Å². The molecular formula is C25H53Cl2NaO4S. The number of rotatable bonds is 24. The number of alkyl halides is 2. The molecule has 0 aromatic carbocycles. The summed E-state index contributed by atoms with van der Waals surface area (Å²) < 4.78 is 33.3. The van der Waals surface area contributed by atoms with Gasteiger partial charge in [0.1, 0.15) is 0 Å². The molecule has 0 bridgehead atoms. The van der Waals surface area contributed by atoms with Crippen LogP contribution in [0.4, 0.5) is 0 Å². The van der Waals surface area contributed by atoms with E-state index < -0.39 is 10.4 Å². The monoisotopic (exact) mass is 542 g/mol. The molecule has 198 valence electrons. The third-order valence-corrected chi connectivity index (χ3v) is 6.36. The summed E-state index contributed by atoms with van der Waals surface area (Å²) in [5, 5.41) is 0.194. The largest absolute Gasteiger partial charge is 1.00 e. The summed E-state index contributed by atoms with van der Waals surface area (Å²) in [5.41, 5.74) is 0. The molecule has 33 heavy (non-hydrogen) atoms. The molecule has 0 aliphatic rings. The van der Waals surface area contributed by atoms with E-state index in [-0.39, 0.29) is 49.5 Å². The van der Waals surface area contributed by atoms with Crippen LogP contribution >= 0.6 is 23.2 Å². The number of halogens is 2. The Kier molecular flexibility index (Phi) is 39.5. The van der Waals surface area contributed by atoms with Crippen molar-refractivity contribution in [3.05, 3.63) is 0 Å². The van der Waals surface area contributed by atoms with Crippen molar-refractivity contribution in [1.29, 1.82) is 0 Å². The Bertz CT molecular complexity index is 415. The first-order valence-electron chi connectivity index (χ1n) is 13.2. The van der Waals surface area contributed by atoms with E-state index in [9.17, 15) is 8.42 Å². The average molecular weight is 544 g/mol. The summed E-state index contributed by atoms with van der Waals surface area (Å²) >= 11 is 9.53. The maximum atomic E-state index is 11.7. The molecule has 0 aliphatic carbocycles. The first kappa shape index (κ1) is 39.0.